The van der Waals surface area contributed by atoms with Crippen LogP contribution in [0.3, 0.4) is 0 Å². The predicted octanol–water partition coefficient (Wildman–Crippen LogP) is -3.28. The molecular formula is C9H9KO7S. The fourth-order valence-corrected chi connectivity index (χ4v) is 1.91. The molecule has 1 rings (SSSR count). The summed E-state index contributed by atoms with van der Waals surface area (Å²) in [5.74, 6) is -2.16. The maximum Gasteiger partial charge on any atom is 1.00 e. The molecule has 2 N–H and O–H groups in total. The van der Waals surface area contributed by atoms with Gasteiger partial charge in [0.15, 0.2) is 11.5 Å². The first kappa shape index (κ1) is 17.8. The Morgan fingerprint density at radius 1 is 1.33 bits per heavy atom. The normalized spacial score (nSPS) is 10.6. The van der Waals surface area contributed by atoms with E-state index in [1.165, 1.54) is 0 Å². The number of esters is 1. The summed E-state index contributed by atoms with van der Waals surface area (Å²) in [5.41, 5.74) is -0.234. The summed E-state index contributed by atoms with van der Waals surface area (Å²) in [6.45, 7) is 0. The van der Waals surface area contributed by atoms with Gasteiger partial charge in [-0.3, -0.25) is 4.79 Å². The van der Waals surface area contributed by atoms with Crippen molar-refractivity contribution in [2.45, 2.75) is 11.3 Å². The van der Waals surface area contributed by atoms with Crippen LogP contribution in [0.15, 0.2) is 17.0 Å². The van der Waals surface area contributed by atoms with Crippen LogP contribution >= 0.6 is 0 Å². The van der Waals surface area contributed by atoms with Crippen LogP contribution in [0.5, 0.6) is 11.5 Å². The first-order valence-electron chi connectivity index (χ1n) is 4.33. The summed E-state index contributed by atoms with van der Waals surface area (Å²) in [4.78, 5) is 10.2. The van der Waals surface area contributed by atoms with Crippen LogP contribution in [0, 0.1) is 0 Å². The molecule has 0 heterocycles. The van der Waals surface area contributed by atoms with Crippen LogP contribution in [-0.4, -0.2) is 36.3 Å². The molecule has 1 aromatic carbocycles. The average molecular weight is 300 g/mol. The second-order valence-corrected chi connectivity index (χ2v) is 4.50. The molecule has 0 aliphatic heterocycles. The number of hydrogen-bond acceptors (Lipinski definition) is 7. The second-order valence-electron chi connectivity index (χ2n) is 3.16. The van der Waals surface area contributed by atoms with Gasteiger partial charge in [0, 0.05) is 6.07 Å². The largest absolute Gasteiger partial charge is 1.00 e. The van der Waals surface area contributed by atoms with Crippen molar-refractivity contribution in [3.8, 4) is 11.5 Å². The van der Waals surface area contributed by atoms with Crippen LogP contribution in [0.1, 0.15) is 5.56 Å². The van der Waals surface area contributed by atoms with Crippen molar-refractivity contribution in [1.29, 1.82) is 0 Å². The SMILES string of the molecule is COC(=O)Cc1cc(O)c(O)cc1S(=O)(=O)[O-].[K+]. The molecule has 7 nitrogen and oxygen atoms in total. The van der Waals surface area contributed by atoms with Gasteiger partial charge in [0.2, 0.25) is 0 Å². The van der Waals surface area contributed by atoms with Crippen LogP contribution in [0.25, 0.3) is 0 Å². The number of carbonyl (C=O) groups excluding carboxylic acids is 1. The fraction of sp³-hybridized carbons (Fsp3) is 0.222. The topological polar surface area (TPSA) is 124 Å². The average Bonchev–Trinajstić information content (AvgIpc) is 2.21. The van der Waals surface area contributed by atoms with E-state index in [2.05, 4.69) is 4.74 Å². The minimum absolute atomic E-state index is 0. The van der Waals surface area contributed by atoms with Gasteiger partial charge < -0.3 is 19.5 Å². The van der Waals surface area contributed by atoms with Gasteiger partial charge in [-0.05, 0) is 11.6 Å². The molecule has 18 heavy (non-hydrogen) atoms. The summed E-state index contributed by atoms with van der Waals surface area (Å²) in [6, 6.07) is 1.42. The molecule has 0 saturated heterocycles. The molecule has 0 radical (unpaired) electrons. The van der Waals surface area contributed by atoms with Gasteiger partial charge in [-0.15, -0.1) is 0 Å². The van der Waals surface area contributed by atoms with E-state index in [0.717, 1.165) is 13.2 Å². The Morgan fingerprint density at radius 3 is 2.28 bits per heavy atom. The van der Waals surface area contributed by atoms with Gasteiger partial charge in [0.25, 0.3) is 0 Å². The maximum atomic E-state index is 11.0. The summed E-state index contributed by atoms with van der Waals surface area (Å²) >= 11 is 0. The third kappa shape index (κ3) is 4.50. The van der Waals surface area contributed by atoms with Gasteiger partial charge in [0.1, 0.15) is 10.1 Å². The molecule has 9 heteroatoms. The number of phenolic OH excluding ortho intramolecular Hbond substituents is 2. The van der Waals surface area contributed by atoms with Gasteiger partial charge in [-0.25, -0.2) is 8.42 Å². The number of aromatic hydroxyl groups is 2. The number of benzene rings is 1. The second kappa shape index (κ2) is 6.85. The monoisotopic (exact) mass is 300 g/mol. The van der Waals surface area contributed by atoms with Crippen molar-refractivity contribution in [2.75, 3.05) is 7.11 Å². The van der Waals surface area contributed by atoms with Crippen molar-refractivity contribution < 1.29 is 84.1 Å². The van der Waals surface area contributed by atoms with Crippen LogP contribution in [0.2, 0.25) is 0 Å². The molecule has 0 aromatic heterocycles. The maximum absolute atomic E-state index is 11.0. The first-order chi connectivity index (χ1) is 7.75. The quantitative estimate of drug-likeness (QED) is 0.260. The molecule has 0 aliphatic carbocycles. The number of phenols is 2. The molecule has 0 atom stereocenters. The zero-order chi connectivity index (χ0) is 13.2. The molecule has 0 unspecified atom stereocenters. The first-order valence-corrected chi connectivity index (χ1v) is 5.74. The minimum Gasteiger partial charge on any atom is -0.744 e. The van der Waals surface area contributed by atoms with E-state index in [4.69, 9.17) is 5.11 Å². The number of carbonyl (C=O) groups is 1. The number of ether oxygens (including phenoxy) is 1. The number of rotatable bonds is 3. The molecule has 0 spiro atoms. The Labute approximate surface area is 146 Å². The Morgan fingerprint density at radius 2 is 1.83 bits per heavy atom. The van der Waals surface area contributed by atoms with Crippen molar-refractivity contribution in [3.05, 3.63) is 17.7 Å². The molecule has 0 amide bonds. The standard InChI is InChI=1S/C9H10O7S.K/c1-16-9(12)3-5-2-6(10)7(11)4-8(5)17(13,14)15;/h2,4,10-11H,3H2,1H3,(H,13,14,15);/q;+1/p-1. The van der Waals surface area contributed by atoms with E-state index in [1.54, 1.807) is 0 Å². The molecule has 0 bridgehead atoms. The minimum atomic E-state index is -4.86. The molecular weight excluding hydrogens is 291 g/mol. The van der Waals surface area contributed by atoms with E-state index in [0.29, 0.717) is 6.07 Å². The number of hydrogen-bond donors (Lipinski definition) is 2. The zero-order valence-corrected chi connectivity index (χ0v) is 13.6. The summed E-state index contributed by atoms with van der Waals surface area (Å²) in [6.07, 6.45) is -0.499. The Kier molecular flexibility index (Phi) is 6.78. The van der Waals surface area contributed by atoms with Gasteiger partial charge in [0.05, 0.1) is 18.4 Å². The summed E-state index contributed by atoms with van der Waals surface area (Å²) in [5, 5.41) is 18.3. The van der Waals surface area contributed by atoms with Crippen molar-refractivity contribution in [1.82, 2.24) is 0 Å². The molecule has 94 valence electrons. The van der Waals surface area contributed by atoms with Crippen LogP contribution < -0.4 is 51.4 Å². The van der Waals surface area contributed by atoms with E-state index in [1.807, 2.05) is 0 Å². The zero-order valence-electron chi connectivity index (χ0n) is 9.71. The third-order valence-corrected chi connectivity index (χ3v) is 2.91. The van der Waals surface area contributed by atoms with E-state index in [-0.39, 0.29) is 56.9 Å². The molecule has 0 saturated carbocycles. The van der Waals surface area contributed by atoms with E-state index < -0.39 is 38.9 Å². The van der Waals surface area contributed by atoms with Crippen molar-refractivity contribution in [2.24, 2.45) is 0 Å². The van der Waals surface area contributed by atoms with Crippen LogP contribution in [0.4, 0.5) is 0 Å². The predicted molar refractivity (Wildman–Crippen MR) is 53.5 cm³/mol. The summed E-state index contributed by atoms with van der Waals surface area (Å²) < 4.78 is 37.0. The Balaban J connectivity index is 0.00000289. The fourth-order valence-electron chi connectivity index (χ4n) is 1.20. The molecule has 0 aliphatic rings. The number of methoxy groups -OCH3 is 1. The van der Waals surface area contributed by atoms with Gasteiger partial charge in [-0.2, -0.15) is 0 Å². The Bertz CT molecular complexity index is 552. The third-order valence-electron chi connectivity index (χ3n) is 1.99. The van der Waals surface area contributed by atoms with E-state index >= 15 is 0 Å². The van der Waals surface area contributed by atoms with Crippen molar-refractivity contribution in [3.63, 3.8) is 0 Å². The van der Waals surface area contributed by atoms with Crippen LogP contribution in [-0.2, 0) is 26.1 Å². The van der Waals surface area contributed by atoms with Gasteiger partial charge in [-0.1, -0.05) is 0 Å². The molecule has 0 fully saturated rings. The van der Waals surface area contributed by atoms with Gasteiger partial charge >= 0.3 is 57.4 Å². The molecule has 1 aromatic rings. The summed E-state index contributed by atoms with van der Waals surface area (Å²) in [7, 11) is -3.76. The Hall–Kier alpha value is -0.164. The smallest absolute Gasteiger partial charge is 0.744 e. The van der Waals surface area contributed by atoms with Crippen molar-refractivity contribution >= 4 is 16.1 Å². The van der Waals surface area contributed by atoms with E-state index in [9.17, 15) is 22.9 Å².